The monoisotopic (exact) mass is 221 g/mol. The second-order valence-corrected chi connectivity index (χ2v) is 5.16. The van der Waals surface area contributed by atoms with Gasteiger partial charge in [-0.05, 0) is 11.0 Å². The molecule has 1 aromatic rings. The predicted molar refractivity (Wildman–Crippen MR) is 62.6 cm³/mol. The van der Waals surface area contributed by atoms with E-state index in [1.54, 1.807) is 0 Å². The lowest BCUT2D eigenvalue weighted by atomic mass is 9.82. The van der Waals surface area contributed by atoms with E-state index in [4.69, 9.17) is 9.47 Å². The molecule has 1 aromatic carbocycles. The van der Waals surface area contributed by atoms with Crippen molar-refractivity contribution in [1.82, 2.24) is 5.32 Å². The summed E-state index contributed by atoms with van der Waals surface area (Å²) in [6, 6.07) is 10.6. The van der Waals surface area contributed by atoms with Crippen LogP contribution in [0.2, 0.25) is 0 Å². The van der Waals surface area contributed by atoms with E-state index in [9.17, 15) is 0 Å². The summed E-state index contributed by atoms with van der Waals surface area (Å²) in [5.41, 5.74) is 1.37. The van der Waals surface area contributed by atoms with Crippen LogP contribution in [-0.2, 0) is 9.47 Å². The molecule has 1 atom stereocenters. The smallest absolute Gasteiger partial charge is 0.220 e. The Kier molecular flexibility index (Phi) is 3.28. The zero-order chi connectivity index (χ0) is 11.6. The fourth-order valence-corrected chi connectivity index (χ4v) is 1.86. The number of hydrogen-bond acceptors (Lipinski definition) is 3. The zero-order valence-electron chi connectivity index (χ0n) is 10.1. The maximum absolute atomic E-state index is 5.24. The third kappa shape index (κ3) is 2.61. The van der Waals surface area contributed by atoms with Gasteiger partial charge in [-0.3, -0.25) is 5.32 Å². The molecule has 1 heterocycles. The number of rotatable bonds is 3. The minimum atomic E-state index is -0.260. The van der Waals surface area contributed by atoms with Crippen LogP contribution >= 0.6 is 0 Å². The lowest BCUT2D eigenvalue weighted by Gasteiger charge is -2.38. The van der Waals surface area contributed by atoms with E-state index in [2.05, 4.69) is 50.4 Å². The summed E-state index contributed by atoms with van der Waals surface area (Å²) in [5.74, 6) is 0. The molecule has 1 aliphatic rings. The summed E-state index contributed by atoms with van der Waals surface area (Å²) < 4.78 is 10.5. The first-order valence-corrected chi connectivity index (χ1v) is 5.61. The molecule has 1 aliphatic heterocycles. The molecule has 1 fully saturated rings. The van der Waals surface area contributed by atoms with Crippen LogP contribution in [-0.4, -0.2) is 13.2 Å². The zero-order valence-corrected chi connectivity index (χ0v) is 10.1. The Bertz CT molecular complexity index is 328. The van der Waals surface area contributed by atoms with E-state index in [-0.39, 0.29) is 17.9 Å². The van der Waals surface area contributed by atoms with E-state index < -0.39 is 0 Å². The highest BCUT2D eigenvalue weighted by molar-refractivity contribution is 5.20. The fourth-order valence-electron chi connectivity index (χ4n) is 1.86. The number of ether oxygens (including phenoxy) is 2. The number of nitrogens with one attached hydrogen (secondary N) is 1. The molecule has 2 rings (SSSR count). The van der Waals surface area contributed by atoms with Gasteiger partial charge in [-0.1, -0.05) is 51.1 Å². The van der Waals surface area contributed by atoms with Gasteiger partial charge in [0.05, 0.1) is 0 Å². The molecule has 0 amide bonds. The van der Waals surface area contributed by atoms with Gasteiger partial charge in [0.2, 0.25) is 6.41 Å². The van der Waals surface area contributed by atoms with Crippen molar-refractivity contribution >= 4 is 0 Å². The van der Waals surface area contributed by atoms with Crippen molar-refractivity contribution in [3.63, 3.8) is 0 Å². The Balaban J connectivity index is 2.14. The third-order valence-electron chi connectivity index (χ3n) is 2.74. The molecule has 3 heteroatoms. The van der Waals surface area contributed by atoms with Crippen molar-refractivity contribution in [3.8, 4) is 0 Å². The summed E-state index contributed by atoms with van der Waals surface area (Å²) in [7, 11) is 0. The van der Waals surface area contributed by atoms with Gasteiger partial charge in [-0.15, -0.1) is 0 Å². The molecule has 0 bridgehead atoms. The highest BCUT2D eigenvalue weighted by atomic mass is 16.9. The summed E-state index contributed by atoms with van der Waals surface area (Å²) >= 11 is 0. The van der Waals surface area contributed by atoms with Crippen LogP contribution in [0, 0.1) is 5.41 Å². The lowest BCUT2D eigenvalue weighted by molar-refractivity contribution is -0.337. The van der Waals surface area contributed by atoms with Crippen LogP contribution in [0.15, 0.2) is 30.3 Å². The minimum Gasteiger partial charge on any atom is -0.313 e. The van der Waals surface area contributed by atoms with Gasteiger partial charge in [0.25, 0.3) is 0 Å². The van der Waals surface area contributed by atoms with Crippen molar-refractivity contribution in [1.29, 1.82) is 0 Å². The highest BCUT2D eigenvalue weighted by Gasteiger charge is 2.31. The first-order valence-electron chi connectivity index (χ1n) is 5.61. The van der Waals surface area contributed by atoms with E-state index in [0.29, 0.717) is 6.79 Å². The molecule has 0 saturated carbocycles. The number of benzene rings is 1. The van der Waals surface area contributed by atoms with E-state index in [1.165, 1.54) is 5.56 Å². The first kappa shape index (κ1) is 11.6. The molecule has 1 N–H and O–H groups in total. The van der Waals surface area contributed by atoms with Crippen molar-refractivity contribution in [2.45, 2.75) is 33.2 Å². The summed E-state index contributed by atoms with van der Waals surface area (Å²) in [5, 5.41) is 3.37. The SMILES string of the molecule is CC(C)(C)[C@H](NC1OCO1)c1ccccc1. The van der Waals surface area contributed by atoms with Gasteiger partial charge in [0.15, 0.2) is 6.79 Å². The molecular weight excluding hydrogens is 202 g/mol. The second kappa shape index (κ2) is 4.53. The van der Waals surface area contributed by atoms with Gasteiger partial charge < -0.3 is 9.47 Å². The number of hydrogen-bond donors (Lipinski definition) is 1. The lowest BCUT2D eigenvalue weighted by Crippen LogP contribution is -2.48. The van der Waals surface area contributed by atoms with Crippen LogP contribution in [0.3, 0.4) is 0 Å². The van der Waals surface area contributed by atoms with Crippen molar-refractivity contribution in [2.75, 3.05) is 6.79 Å². The average molecular weight is 221 g/mol. The molecule has 0 aromatic heterocycles. The maximum atomic E-state index is 5.24. The third-order valence-corrected chi connectivity index (χ3v) is 2.74. The van der Waals surface area contributed by atoms with Crippen molar-refractivity contribution in [3.05, 3.63) is 35.9 Å². The molecule has 88 valence electrons. The Morgan fingerprint density at radius 1 is 1.19 bits per heavy atom. The molecule has 0 unspecified atom stereocenters. The summed E-state index contributed by atoms with van der Waals surface area (Å²) in [6.45, 7) is 7.01. The molecule has 0 radical (unpaired) electrons. The largest absolute Gasteiger partial charge is 0.313 e. The maximum Gasteiger partial charge on any atom is 0.220 e. The van der Waals surface area contributed by atoms with Gasteiger partial charge in [-0.2, -0.15) is 0 Å². The van der Waals surface area contributed by atoms with Gasteiger partial charge in [0, 0.05) is 6.04 Å². The van der Waals surface area contributed by atoms with Crippen LogP contribution in [0.4, 0.5) is 0 Å². The molecule has 0 aliphatic carbocycles. The van der Waals surface area contributed by atoms with Crippen LogP contribution < -0.4 is 5.32 Å². The van der Waals surface area contributed by atoms with E-state index in [1.807, 2.05) is 6.07 Å². The topological polar surface area (TPSA) is 30.5 Å². The highest BCUT2D eigenvalue weighted by Crippen LogP contribution is 2.33. The van der Waals surface area contributed by atoms with Crippen molar-refractivity contribution < 1.29 is 9.47 Å². The van der Waals surface area contributed by atoms with Crippen LogP contribution in [0.1, 0.15) is 32.4 Å². The second-order valence-electron chi connectivity index (χ2n) is 5.16. The summed E-state index contributed by atoms with van der Waals surface area (Å²) in [6.07, 6.45) is -0.260. The molecule has 3 nitrogen and oxygen atoms in total. The first-order chi connectivity index (χ1) is 7.57. The van der Waals surface area contributed by atoms with Crippen LogP contribution in [0.5, 0.6) is 0 Å². The molecular formula is C13H19NO2. The van der Waals surface area contributed by atoms with Crippen LogP contribution in [0.25, 0.3) is 0 Å². The molecule has 0 spiro atoms. The Morgan fingerprint density at radius 3 is 2.25 bits per heavy atom. The predicted octanol–water partition coefficient (Wildman–Crippen LogP) is 2.65. The molecule has 1 saturated heterocycles. The van der Waals surface area contributed by atoms with Gasteiger partial charge in [-0.25, -0.2) is 0 Å². The Labute approximate surface area is 96.8 Å². The minimum absolute atomic E-state index is 0.115. The average Bonchev–Trinajstić information content (AvgIpc) is 2.15. The van der Waals surface area contributed by atoms with Gasteiger partial charge >= 0.3 is 0 Å². The van der Waals surface area contributed by atoms with Crippen molar-refractivity contribution in [2.24, 2.45) is 5.41 Å². The Hall–Kier alpha value is -0.900. The Morgan fingerprint density at radius 2 is 1.81 bits per heavy atom. The normalized spacial score (nSPS) is 19.2. The van der Waals surface area contributed by atoms with E-state index >= 15 is 0 Å². The quantitative estimate of drug-likeness (QED) is 0.851. The van der Waals surface area contributed by atoms with E-state index in [0.717, 1.165) is 0 Å². The molecule has 16 heavy (non-hydrogen) atoms. The van der Waals surface area contributed by atoms with Gasteiger partial charge in [0.1, 0.15) is 0 Å². The standard InChI is InChI=1S/C13H19NO2/c1-13(2,3)11(14-12-15-9-16-12)10-7-5-4-6-8-10/h4-8,11-12,14H,9H2,1-3H3/t11-/m1/s1. The fraction of sp³-hybridized carbons (Fsp3) is 0.538. The summed E-state index contributed by atoms with van der Waals surface area (Å²) in [4.78, 5) is 0.